The predicted molar refractivity (Wildman–Crippen MR) is 83.0 cm³/mol. The number of non-ortho nitro benzene ring substituents is 1. The van der Waals surface area contributed by atoms with Crippen molar-refractivity contribution in [2.75, 3.05) is 0 Å². The molecule has 0 aliphatic rings. The predicted octanol–water partition coefficient (Wildman–Crippen LogP) is 3.24. The molecule has 0 bridgehead atoms. The molecule has 0 saturated carbocycles. The van der Waals surface area contributed by atoms with E-state index in [1.54, 1.807) is 23.1 Å². The molecule has 0 fully saturated rings. The molecule has 2 heterocycles. The van der Waals surface area contributed by atoms with Crippen LogP contribution in [0, 0.1) is 20.6 Å². The molecular weight excluding hydrogens is 371 g/mol. The Morgan fingerprint density at radius 3 is 2.75 bits per heavy atom. The first-order valence-electron chi connectivity index (χ1n) is 5.80. The van der Waals surface area contributed by atoms with E-state index in [0.29, 0.717) is 5.39 Å². The van der Waals surface area contributed by atoms with Crippen molar-refractivity contribution in [1.29, 1.82) is 0 Å². The second kappa shape index (κ2) is 4.82. The second-order valence-corrected chi connectivity index (χ2v) is 5.58. The molecule has 1 aromatic carbocycles. The molecule has 2 aromatic heterocycles. The first-order chi connectivity index (χ1) is 9.56. The van der Waals surface area contributed by atoms with Gasteiger partial charge in [-0.25, -0.2) is 4.68 Å². The summed E-state index contributed by atoms with van der Waals surface area (Å²) in [4.78, 5) is 14.9. The fraction of sp³-hybridized carbons (Fsp3) is 0.0769. The van der Waals surface area contributed by atoms with Gasteiger partial charge in [0, 0.05) is 29.5 Å². The Bertz CT molecular complexity index is 828. The highest BCUT2D eigenvalue weighted by Crippen LogP contribution is 2.30. The van der Waals surface area contributed by atoms with Crippen LogP contribution in [0.1, 0.15) is 5.69 Å². The molecule has 100 valence electrons. The quantitative estimate of drug-likeness (QED) is 0.389. The maximum atomic E-state index is 11.1. The third-order valence-corrected chi connectivity index (χ3v) is 3.54. The Balaban J connectivity index is 2.36. The number of hydrogen-bond donors (Lipinski definition) is 0. The van der Waals surface area contributed by atoms with Crippen molar-refractivity contribution < 1.29 is 4.92 Å². The Morgan fingerprint density at radius 1 is 1.30 bits per heavy atom. The van der Waals surface area contributed by atoms with Gasteiger partial charge in [-0.3, -0.25) is 15.1 Å². The number of nitro groups is 1. The lowest BCUT2D eigenvalue weighted by Crippen LogP contribution is -1.99. The minimum absolute atomic E-state index is 0.0538. The van der Waals surface area contributed by atoms with Gasteiger partial charge in [0.15, 0.2) is 0 Å². The highest BCUT2D eigenvalue weighted by atomic mass is 127. The first kappa shape index (κ1) is 13.0. The van der Waals surface area contributed by atoms with Gasteiger partial charge in [0.1, 0.15) is 0 Å². The summed E-state index contributed by atoms with van der Waals surface area (Å²) in [6.07, 6.45) is 5.15. The Morgan fingerprint density at radius 2 is 2.10 bits per heavy atom. The third-order valence-electron chi connectivity index (χ3n) is 2.99. The molecule has 0 aliphatic heterocycles. The number of aryl methyl sites for hydroxylation is 1. The summed E-state index contributed by atoms with van der Waals surface area (Å²) in [5, 5.41) is 16.7. The normalized spacial score (nSPS) is 10.9. The number of aromatic nitrogens is 3. The van der Waals surface area contributed by atoms with Crippen molar-refractivity contribution in [3.05, 3.63) is 56.2 Å². The van der Waals surface area contributed by atoms with E-state index in [2.05, 4.69) is 32.7 Å². The summed E-state index contributed by atoms with van der Waals surface area (Å²) in [6.45, 7) is 1.86. The molecule has 7 heteroatoms. The minimum Gasteiger partial charge on any atom is -0.261 e. The Kier molecular flexibility index (Phi) is 3.13. The summed E-state index contributed by atoms with van der Waals surface area (Å²) in [5.74, 6) is 0. The molecule has 3 aromatic rings. The smallest absolute Gasteiger partial charge is 0.261 e. The second-order valence-electron chi connectivity index (χ2n) is 4.34. The number of nitro benzene ring substituents is 1. The maximum absolute atomic E-state index is 11.1. The molecule has 0 atom stereocenters. The largest absolute Gasteiger partial charge is 0.278 e. The third kappa shape index (κ3) is 2.13. The van der Waals surface area contributed by atoms with Crippen molar-refractivity contribution in [3.63, 3.8) is 0 Å². The Hall–Kier alpha value is -2.03. The standard InChI is InChI=1S/C13H9IN4O2/c1-8-4-10-11(6-15-8)13(18(19)20)3-2-12(10)17-7-9(14)5-16-17/h2-7H,1H3. The van der Waals surface area contributed by atoms with Gasteiger partial charge < -0.3 is 0 Å². The van der Waals surface area contributed by atoms with Crippen molar-refractivity contribution in [1.82, 2.24) is 14.8 Å². The van der Waals surface area contributed by atoms with Gasteiger partial charge in [0.2, 0.25) is 0 Å². The lowest BCUT2D eigenvalue weighted by atomic mass is 10.1. The number of benzene rings is 1. The number of halogens is 1. The van der Waals surface area contributed by atoms with Crippen LogP contribution in [-0.4, -0.2) is 19.7 Å². The molecule has 0 amide bonds. The average Bonchev–Trinajstić information content (AvgIpc) is 2.83. The van der Waals surface area contributed by atoms with Gasteiger partial charge in [-0.1, -0.05) is 0 Å². The number of fused-ring (bicyclic) bond motifs is 1. The molecule has 0 N–H and O–H groups in total. The summed E-state index contributed by atoms with van der Waals surface area (Å²) < 4.78 is 2.72. The fourth-order valence-corrected chi connectivity index (χ4v) is 2.49. The van der Waals surface area contributed by atoms with E-state index in [1.165, 1.54) is 6.07 Å². The van der Waals surface area contributed by atoms with E-state index in [1.807, 2.05) is 19.2 Å². The van der Waals surface area contributed by atoms with Gasteiger partial charge >= 0.3 is 0 Å². The van der Waals surface area contributed by atoms with Crippen LogP contribution in [0.3, 0.4) is 0 Å². The van der Waals surface area contributed by atoms with Crippen molar-refractivity contribution in [2.45, 2.75) is 6.92 Å². The summed E-state index contributed by atoms with van der Waals surface area (Å²) in [6, 6.07) is 5.04. The van der Waals surface area contributed by atoms with Gasteiger partial charge in [-0.15, -0.1) is 0 Å². The summed E-state index contributed by atoms with van der Waals surface area (Å²) in [5.41, 5.74) is 1.67. The van der Waals surface area contributed by atoms with E-state index < -0.39 is 4.92 Å². The van der Waals surface area contributed by atoms with Crippen LogP contribution in [0.5, 0.6) is 0 Å². The summed E-state index contributed by atoms with van der Waals surface area (Å²) in [7, 11) is 0. The molecule has 6 nitrogen and oxygen atoms in total. The maximum Gasteiger partial charge on any atom is 0.278 e. The van der Waals surface area contributed by atoms with Crippen LogP contribution in [0.4, 0.5) is 5.69 Å². The van der Waals surface area contributed by atoms with E-state index in [0.717, 1.165) is 20.3 Å². The molecule has 0 unspecified atom stereocenters. The van der Waals surface area contributed by atoms with Gasteiger partial charge in [-0.05, 0) is 41.6 Å². The summed E-state index contributed by atoms with van der Waals surface area (Å²) >= 11 is 2.17. The lowest BCUT2D eigenvalue weighted by Gasteiger charge is -2.07. The number of pyridine rings is 1. The molecule has 3 rings (SSSR count). The van der Waals surface area contributed by atoms with Gasteiger partial charge in [-0.2, -0.15) is 5.10 Å². The zero-order valence-corrected chi connectivity index (χ0v) is 12.6. The van der Waals surface area contributed by atoms with Gasteiger partial charge in [0.25, 0.3) is 5.69 Å². The molecule has 0 aliphatic carbocycles. The van der Waals surface area contributed by atoms with E-state index >= 15 is 0 Å². The zero-order valence-electron chi connectivity index (χ0n) is 10.4. The average molecular weight is 380 g/mol. The fourth-order valence-electron chi connectivity index (χ4n) is 2.10. The zero-order chi connectivity index (χ0) is 14.3. The molecule has 0 spiro atoms. The van der Waals surface area contributed by atoms with Crippen molar-refractivity contribution in [2.24, 2.45) is 0 Å². The molecule has 20 heavy (non-hydrogen) atoms. The number of rotatable bonds is 2. The van der Waals surface area contributed by atoms with Crippen LogP contribution >= 0.6 is 22.6 Å². The first-order valence-corrected chi connectivity index (χ1v) is 6.88. The van der Waals surface area contributed by atoms with Crippen LogP contribution in [0.25, 0.3) is 16.5 Å². The topological polar surface area (TPSA) is 73.8 Å². The molecule has 0 radical (unpaired) electrons. The van der Waals surface area contributed by atoms with Crippen molar-refractivity contribution in [3.8, 4) is 5.69 Å². The Labute approximate surface area is 127 Å². The van der Waals surface area contributed by atoms with Crippen LogP contribution in [0.15, 0.2) is 36.8 Å². The minimum atomic E-state index is -0.393. The van der Waals surface area contributed by atoms with Crippen LogP contribution < -0.4 is 0 Å². The van der Waals surface area contributed by atoms with Gasteiger partial charge in [0.05, 0.1) is 25.8 Å². The van der Waals surface area contributed by atoms with E-state index in [9.17, 15) is 10.1 Å². The van der Waals surface area contributed by atoms with E-state index in [-0.39, 0.29) is 5.69 Å². The lowest BCUT2D eigenvalue weighted by molar-refractivity contribution is -0.383. The SMILES string of the molecule is Cc1cc2c(-n3cc(I)cn3)ccc([N+](=O)[O-])c2cn1. The molecule has 0 saturated heterocycles. The van der Waals surface area contributed by atoms with E-state index in [4.69, 9.17) is 0 Å². The van der Waals surface area contributed by atoms with Crippen LogP contribution in [0.2, 0.25) is 0 Å². The van der Waals surface area contributed by atoms with Crippen molar-refractivity contribution >= 4 is 39.1 Å². The van der Waals surface area contributed by atoms with Crippen LogP contribution in [-0.2, 0) is 0 Å². The monoisotopic (exact) mass is 380 g/mol. The molecular formula is C13H9IN4O2. The highest BCUT2D eigenvalue weighted by molar-refractivity contribution is 14.1. The highest BCUT2D eigenvalue weighted by Gasteiger charge is 2.16. The number of hydrogen-bond acceptors (Lipinski definition) is 4. The number of nitrogens with zero attached hydrogens (tertiary/aromatic N) is 4.